The molecule has 4 aromatic carbocycles. The molecule has 0 bridgehead atoms. The topological polar surface area (TPSA) is 305 Å². The molecule has 324 valence electrons. The van der Waals surface area contributed by atoms with Gasteiger partial charge in [-0.1, -0.05) is 0 Å². The Hall–Kier alpha value is -7.16. The van der Waals surface area contributed by atoms with Crippen molar-refractivity contribution in [3.05, 3.63) is 93.2 Å². The third-order valence-electron chi connectivity index (χ3n) is 10.3. The lowest BCUT2D eigenvalue weighted by Crippen LogP contribution is -2.68. The number of aliphatic hydroxyl groups is 4. The Morgan fingerprint density at radius 2 is 1.48 bits per heavy atom. The first-order valence-corrected chi connectivity index (χ1v) is 18.7. The summed E-state index contributed by atoms with van der Waals surface area (Å²) in [4.78, 5) is 52.8. The Bertz CT molecular complexity index is 2830. The first kappa shape index (κ1) is 42.9. The number of benzene rings is 4. The highest BCUT2D eigenvalue weighted by Crippen LogP contribution is 2.48. The standard InChI is InChI=1S/C43H39NO18/c1-18(46)44-38-28(52)16-43(42(55)56,62-41(38)39(54)29(53)17-45)61-34-15-27(51)37-26(50)14-31(19-4-7-21(47)8-5-19)60-40(37)35(34)23-10-20(6-9-30(23)58-3)32-13-25(49)36-24(48)11-22(57-2)12-33(36)59-32/h4-15,28-29,38-39,41,45,47-48,51-54H,16-17H2,1-3H3,(H,44,46)(H,55,56)/t28-,29+,38+,39+,41+,43+/m0/s1. The van der Waals surface area contributed by atoms with Crippen LogP contribution in [-0.4, -0.2) is 110 Å². The molecule has 1 aliphatic rings. The zero-order valence-corrected chi connectivity index (χ0v) is 32.9. The molecule has 62 heavy (non-hydrogen) atoms. The zero-order chi connectivity index (χ0) is 44.8. The largest absolute Gasteiger partial charge is 0.508 e. The van der Waals surface area contributed by atoms with E-state index in [1.807, 2.05) is 0 Å². The average molecular weight is 858 g/mol. The Labute approximate surface area is 348 Å². The number of carboxylic acid groups (broad SMARTS) is 1. The van der Waals surface area contributed by atoms with E-state index in [-0.39, 0.29) is 62.0 Å². The number of rotatable bonds is 12. The highest BCUT2D eigenvalue weighted by molar-refractivity contribution is 6.02. The number of methoxy groups -OCH3 is 2. The highest BCUT2D eigenvalue weighted by atomic mass is 16.7. The minimum Gasteiger partial charge on any atom is -0.508 e. The summed E-state index contributed by atoms with van der Waals surface area (Å²) in [5.74, 6) is -7.50. The quantitative estimate of drug-likeness (QED) is 0.0854. The van der Waals surface area contributed by atoms with E-state index in [1.165, 1.54) is 68.8 Å². The molecule has 2 aromatic heterocycles. The second-order valence-corrected chi connectivity index (χ2v) is 14.4. The van der Waals surface area contributed by atoms with Crippen molar-refractivity contribution < 1.29 is 78.2 Å². The molecule has 3 heterocycles. The van der Waals surface area contributed by atoms with E-state index < -0.39 is 100 Å². The van der Waals surface area contributed by atoms with Gasteiger partial charge in [-0.3, -0.25) is 14.4 Å². The number of amides is 1. The van der Waals surface area contributed by atoms with Gasteiger partial charge in [-0.05, 0) is 42.5 Å². The van der Waals surface area contributed by atoms with Gasteiger partial charge in [-0.2, -0.15) is 0 Å². The van der Waals surface area contributed by atoms with Crippen LogP contribution in [0, 0.1) is 0 Å². The van der Waals surface area contributed by atoms with Crippen LogP contribution < -0.4 is 30.4 Å². The van der Waals surface area contributed by atoms with Crippen molar-refractivity contribution in [3.63, 3.8) is 0 Å². The minimum atomic E-state index is -3.02. The van der Waals surface area contributed by atoms with Gasteiger partial charge in [0.25, 0.3) is 0 Å². The maximum atomic E-state index is 13.9. The van der Waals surface area contributed by atoms with Crippen LogP contribution in [0.1, 0.15) is 13.3 Å². The number of carbonyl (C=O) groups is 2. The first-order valence-electron chi connectivity index (χ1n) is 18.7. The fourth-order valence-electron chi connectivity index (χ4n) is 7.37. The SMILES string of the molecule is COc1cc(O)c2c(=O)cc(-c3ccc(OC)c(-c4c(O[C@]5(C(=O)O)C[C@H](O)[C@@H](NC(C)=O)[C@H]([C@H](O)[C@H](O)CO)O5)cc(O)c5c(=O)cc(-c6ccc(O)cc6)oc45)c3)oc2c1. The molecule has 7 rings (SSSR count). The second-order valence-electron chi connectivity index (χ2n) is 14.4. The molecule has 0 saturated carbocycles. The fourth-order valence-corrected chi connectivity index (χ4v) is 7.37. The van der Waals surface area contributed by atoms with Gasteiger partial charge in [-0.25, -0.2) is 4.79 Å². The molecular formula is C43H39NO18. The molecule has 0 aliphatic carbocycles. The molecule has 6 aromatic rings. The van der Waals surface area contributed by atoms with Gasteiger partial charge in [0, 0.05) is 53.9 Å². The minimum absolute atomic E-state index is 0.0183. The van der Waals surface area contributed by atoms with Crippen LogP contribution in [-0.2, 0) is 14.3 Å². The number of aliphatic hydroxyl groups excluding tert-OH is 4. The van der Waals surface area contributed by atoms with Crippen molar-refractivity contribution in [2.75, 3.05) is 20.8 Å². The summed E-state index contributed by atoms with van der Waals surface area (Å²) in [5.41, 5.74) is -1.76. The number of carbonyl (C=O) groups excluding carboxylic acids is 1. The third kappa shape index (κ3) is 7.81. The molecule has 1 amide bonds. The number of nitrogens with one attached hydrogen (secondary N) is 1. The Balaban J connectivity index is 1.52. The zero-order valence-electron chi connectivity index (χ0n) is 32.9. The normalized spacial score (nSPS) is 19.8. The van der Waals surface area contributed by atoms with Crippen LogP contribution in [0.5, 0.6) is 34.5 Å². The molecule has 9 N–H and O–H groups in total. The highest BCUT2D eigenvalue weighted by Gasteiger charge is 2.57. The monoisotopic (exact) mass is 857 g/mol. The van der Waals surface area contributed by atoms with Gasteiger partial charge < -0.3 is 74.0 Å². The Kier molecular flexibility index (Phi) is 11.6. The number of hydrogen-bond acceptors (Lipinski definition) is 17. The van der Waals surface area contributed by atoms with Gasteiger partial charge in [0.15, 0.2) is 16.4 Å². The Morgan fingerprint density at radius 1 is 0.839 bits per heavy atom. The van der Waals surface area contributed by atoms with Crippen LogP contribution >= 0.6 is 0 Å². The lowest BCUT2D eigenvalue weighted by atomic mass is 9.88. The third-order valence-corrected chi connectivity index (χ3v) is 10.3. The lowest BCUT2D eigenvalue weighted by Gasteiger charge is -2.46. The molecule has 0 unspecified atom stereocenters. The van der Waals surface area contributed by atoms with Crippen molar-refractivity contribution in [1.82, 2.24) is 5.32 Å². The van der Waals surface area contributed by atoms with E-state index in [2.05, 4.69) is 5.32 Å². The molecule has 1 fully saturated rings. The molecule has 19 nitrogen and oxygen atoms in total. The van der Waals surface area contributed by atoms with Gasteiger partial charge in [0.1, 0.15) is 80.7 Å². The van der Waals surface area contributed by atoms with Crippen LogP contribution in [0.3, 0.4) is 0 Å². The number of carboxylic acids is 1. The smallest absolute Gasteiger partial charge is 0.377 e. The number of phenols is 3. The van der Waals surface area contributed by atoms with E-state index in [1.54, 1.807) is 0 Å². The van der Waals surface area contributed by atoms with Gasteiger partial charge >= 0.3 is 11.8 Å². The number of ether oxygens (including phenoxy) is 4. The van der Waals surface area contributed by atoms with Crippen molar-refractivity contribution in [1.29, 1.82) is 0 Å². The number of aliphatic carboxylic acids is 1. The van der Waals surface area contributed by atoms with E-state index in [9.17, 15) is 60.0 Å². The van der Waals surface area contributed by atoms with Gasteiger partial charge in [0.2, 0.25) is 5.91 Å². The van der Waals surface area contributed by atoms with Crippen molar-refractivity contribution in [2.24, 2.45) is 0 Å². The molecule has 1 aliphatic heterocycles. The summed E-state index contributed by atoms with van der Waals surface area (Å²) >= 11 is 0. The number of hydrogen-bond donors (Lipinski definition) is 9. The number of aromatic hydroxyl groups is 3. The lowest BCUT2D eigenvalue weighted by molar-refractivity contribution is -0.284. The fraction of sp³-hybridized carbons (Fsp3) is 0.256. The first-order chi connectivity index (χ1) is 29.5. The van der Waals surface area contributed by atoms with Crippen molar-refractivity contribution in [3.8, 4) is 68.3 Å². The van der Waals surface area contributed by atoms with Crippen molar-refractivity contribution in [2.45, 2.75) is 49.6 Å². The maximum Gasteiger partial charge on any atom is 0.377 e. The molecular weight excluding hydrogens is 818 g/mol. The van der Waals surface area contributed by atoms with E-state index in [0.29, 0.717) is 0 Å². The van der Waals surface area contributed by atoms with Crippen LogP contribution in [0.25, 0.3) is 55.7 Å². The summed E-state index contributed by atoms with van der Waals surface area (Å²) in [5, 5.41) is 87.1. The van der Waals surface area contributed by atoms with Crippen LogP contribution in [0.4, 0.5) is 0 Å². The predicted molar refractivity (Wildman–Crippen MR) is 216 cm³/mol. The molecule has 0 radical (unpaired) electrons. The molecule has 0 spiro atoms. The molecule has 1 saturated heterocycles. The summed E-state index contributed by atoms with van der Waals surface area (Å²) in [7, 11) is 2.63. The van der Waals surface area contributed by atoms with E-state index in [0.717, 1.165) is 25.1 Å². The van der Waals surface area contributed by atoms with E-state index in [4.69, 9.17) is 27.8 Å². The van der Waals surface area contributed by atoms with Crippen LogP contribution in [0.15, 0.2) is 91.2 Å². The number of phenolic OH excluding ortho intramolecular Hbond substituents is 3. The van der Waals surface area contributed by atoms with Crippen LogP contribution in [0.2, 0.25) is 0 Å². The van der Waals surface area contributed by atoms with Crippen molar-refractivity contribution >= 4 is 33.8 Å². The summed E-state index contributed by atoms with van der Waals surface area (Å²) < 4.78 is 35.4. The summed E-state index contributed by atoms with van der Waals surface area (Å²) in [6.07, 6.45) is -8.87. The Morgan fingerprint density at radius 3 is 2.11 bits per heavy atom. The van der Waals surface area contributed by atoms with Gasteiger partial charge in [-0.15, -0.1) is 0 Å². The molecule has 19 heteroatoms. The second kappa shape index (κ2) is 16.7. The average Bonchev–Trinajstić information content (AvgIpc) is 3.23. The van der Waals surface area contributed by atoms with E-state index >= 15 is 0 Å². The summed E-state index contributed by atoms with van der Waals surface area (Å²) in [6.45, 7) is 0.0297. The summed E-state index contributed by atoms with van der Waals surface area (Å²) in [6, 6.07) is 14.0. The number of fused-ring (bicyclic) bond motifs is 2. The predicted octanol–water partition coefficient (Wildman–Crippen LogP) is 2.56. The van der Waals surface area contributed by atoms with Gasteiger partial charge in [0.05, 0.1) is 45.0 Å². The molecule has 6 atom stereocenters. The maximum absolute atomic E-state index is 13.9.